The van der Waals surface area contributed by atoms with Crippen LogP contribution < -0.4 is 9.80 Å². The molecule has 0 radical (unpaired) electrons. The fourth-order valence-corrected chi connectivity index (χ4v) is 9.03. The molecule has 2 bridgehead atoms. The topological polar surface area (TPSA) is 74.8 Å². The molecular weight excluding hydrogens is 660 g/mol. The first-order valence-corrected chi connectivity index (χ1v) is 15.7. The Morgan fingerprint density at radius 1 is 0.595 bits per heavy atom. The van der Waals surface area contributed by atoms with E-state index in [1.165, 1.54) is 9.80 Å². The van der Waals surface area contributed by atoms with Gasteiger partial charge in [-0.05, 0) is 59.9 Å². The zero-order valence-corrected chi connectivity index (χ0v) is 25.4. The number of carbonyl (C=O) groups excluding carboxylic acids is 4. The van der Waals surface area contributed by atoms with E-state index in [-0.39, 0.29) is 41.4 Å². The van der Waals surface area contributed by atoms with Gasteiger partial charge >= 0.3 is 0 Å². The second-order valence-corrected chi connectivity index (χ2v) is 13.5. The zero-order valence-electron chi connectivity index (χ0n) is 22.2. The first-order valence-electron chi connectivity index (χ1n) is 14.1. The number of fused-ring (bicyclic) bond motifs is 1. The van der Waals surface area contributed by atoms with Gasteiger partial charge in [-0.15, -0.1) is 0 Å². The van der Waals surface area contributed by atoms with Crippen molar-refractivity contribution in [2.75, 3.05) is 9.80 Å². The van der Waals surface area contributed by atoms with Gasteiger partial charge in [0, 0.05) is 20.8 Å². The zero-order chi connectivity index (χ0) is 28.9. The summed E-state index contributed by atoms with van der Waals surface area (Å²) in [5, 5.41) is 0. The number of amides is 4. The summed E-state index contributed by atoms with van der Waals surface area (Å²) >= 11 is 6.95. The van der Waals surface area contributed by atoms with Crippen molar-refractivity contribution >= 4 is 72.4 Å². The van der Waals surface area contributed by atoms with Crippen LogP contribution in [0.4, 0.5) is 11.4 Å². The number of carbonyl (C=O) groups is 4. The molecule has 3 fully saturated rings. The average molecular weight is 684 g/mol. The average Bonchev–Trinajstić information content (AvgIpc) is 3.42. The van der Waals surface area contributed by atoms with E-state index in [4.69, 9.17) is 0 Å². The standard InChI is InChI=1S/C34H24Br2N2O4/c35-18-8-4-10-20(14-18)37-31(39)25-16-24(17-6-2-1-3-7-17)26-22-12-13-23(27(26)30(25)34(37)42)29-28(22)32(40)38(33(29)41)21-11-5-9-19(36)15-21/h1-15,22-23,25,27-30H,16H2/t22-,23-,25-,27+,28-,29-,30+/m1/s1. The highest BCUT2D eigenvalue weighted by molar-refractivity contribution is 9.10. The van der Waals surface area contributed by atoms with E-state index in [0.29, 0.717) is 17.8 Å². The highest BCUT2D eigenvalue weighted by Gasteiger charge is 2.67. The van der Waals surface area contributed by atoms with Gasteiger partial charge in [0.25, 0.3) is 0 Å². The Morgan fingerprint density at radius 2 is 1.19 bits per heavy atom. The summed E-state index contributed by atoms with van der Waals surface area (Å²) in [5.41, 5.74) is 4.15. The molecule has 7 atom stereocenters. The molecule has 3 aromatic rings. The quantitative estimate of drug-likeness (QED) is 0.236. The van der Waals surface area contributed by atoms with Crippen molar-refractivity contribution in [2.45, 2.75) is 6.42 Å². The summed E-state index contributed by atoms with van der Waals surface area (Å²) in [5.74, 6) is -4.16. The number of halogens is 2. The van der Waals surface area contributed by atoms with Crippen LogP contribution in [0.15, 0.2) is 106 Å². The van der Waals surface area contributed by atoms with Gasteiger partial charge in [-0.1, -0.05) is 92.0 Å². The van der Waals surface area contributed by atoms with Crippen LogP contribution >= 0.6 is 31.9 Å². The molecule has 208 valence electrons. The summed E-state index contributed by atoms with van der Waals surface area (Å²) in [4.78, 5) is 59.2. The minimum atomic E-state index is -0.597. The molecule has 9 rings (SSSR count). The van der Waals surface area contributed by atoms with E-state index in [0.717, 1.165) is 25.7 Å². The predicted molar refractivity (Wildman–Crippen MR) is 165 cm³/mol. The van der Waals surface area contributed by atoms with Gasteiger partial charge < -0.3 is 0 Å². The second kappa shape index (κ2) is 9.44. The van der Waals surface area contributed by atoms with Crippen molar-refractivity contribution in [3.63, 3.8) is 0 Å². The van der Waals surface area contributed by atoms with Crippen LogP contribution in [0, 0.1) is 41.4 Å². The van der Waals surface area contributed by atoms with Crippen LogP contribution in [0.25, 0.3) is 5.57 Å². The lowest BCUT2D eigenvalue weighted by atomic mass is 9.49. The van der Waals surface area contributed by atoms with E-state index in [9.17, 15) is 19.2 Å². The molecule has 6 nitrogen and oxygen atoms in total. The number of allylic oxidation sites excluding steroid dienone is 4. The monoisotopic (exact) mass is 682 g/mol. The predicted octanol–water partition coefficient (Wildman–Crippen LogP) is 6.41. The Morgan fingerprint density at radius 3 is 1.83 bits per heavy atom. The van der Waals surface area contributed by atoms with E-state index in [1.807, 2.05) is 60.7 Å². The van der Waals surface area contributed by atoms with E-state index in [1.54, 1.807) is 24.3 Å². The van der Waals surface area contributed by atoms with Crippen LogP contribution in [0.5, 0.6) is 0 Å². The normalized spacial score (nSPS) is 31.1. The van der Waals surface area contributed by atoms with Crippen molar-refractivity contribution in [1.29, 1.82) is 0 Å². The van der Waals surface area contributed by atoms with Gasteiger partial charge in [0.15, 0.2) is 0 Å². The van der Waals surface area contributed by atoms with Gasteiger partial charge in [0.05, 0.1) is 35.0 Å². The Labute approximate surface area is 259 Å². The van der Waals surface area contributed by atoms with Crippen LogP contribution in [-0.2, 0) is 19.2 Å². The Hall–Kier alpha value is -3.62. The summed E-state index contributed by atoms with van der Waals surface area (Å²) in [6, 6.07) is 24.4. The fourth-order valence-electron chi connectivity index (χ4n) is 8.26. The molecule has 2 saturated heterocycles. The van der Waals surface area contributed by atoms with Gasteiger partial charge in [0.2, 0.25) is 23.6 Å². The maximum atomic E-state index is 14.3. The molecule has 2 heterocycles. The van der Waals surface area contributed by atoms with Crippen molar-refractivity contribution in [1.82, 2.24) is 0 Å². The van der Waals surface area contributed by atoms with Crippen molar-refractivity contribution in [2.24, 2.45) is 41.4 Å². The lowest BCUT2D eigenvalue weighted by molar-refractivity contribution is -0.129. The van der Waals surface area contributed by atoms with E-state index >= 15 is 0 Å². The third kappa shape index (κ3) is 3.54. The molecule has 0 N–H and O–H groups in total. The SMILES string of the molecule is O=C1[C@@H]2[C@@H]3C=C[C@H](C4=C(c5ccccc5)C[C@H]5C(=O)N(c6cccc(Br)c6)C(=O)[C@@H]5[C@H]43)[C@H]2C(=O)N1c1cccc(Br)c1. The molecule has 8 heteroatoms. The summed E-state index contributed by atoms with van der Waals surface area (Å²) in [6.45, 7) is 0. The Bertz CT molecular complexity index is 1780. The van der Waals surface area contributed by atoms with Crippen molar-refractivity contribution < 1.29 is 19.2 Å². The number of hydrogen-bond acceptors (Lipinski definition) is 4. The summed E-state index contributed by atoms with van der Waals surface area (Å²) in [7, 11) is 0. The number of anilines is 2. The number of nitrogens with zero attached hydrogens (tertiary/aromatic N) is 2. The van der Waals surface area contributed by atoms with Crippen molar-refractivity contribution in [3.05, 3.63) is 111 Å². The minimum Gasteiger partial charge on any atom is -0.274 e. The maximum absolute atomic E-state index is 14.3. The number of hydrogen-bond donors (Lipinski definition) is 0. The molecule has 6 aliphatic rings. The molecule has 0 unspecified atom stereocenters. The van der Waals surface area contributed by atoms with Crippen LogP contribution in [0.1, 0.15) is 12.0 Å². The number of imide groups is 2. The molecule has 1 saturated carbocycles. The Balaban J connectivity index is 1.29. The fraction of sp³-hybridized carbons (Fsp3) is 0.235. The first-order chi connectivity index (χ1) is 20.3. The molecule has 4 amide bonds. The van der Waals surface area contributed by atoms with E-state index in [2.05, 4.69) is 37.9 Å². The first kappa shape index (κ1) is 26.0. The third-order valence-electron chi connectivity index (χ3n) is 9.76. The molecule has 3 aromatic carbocycles. The third-order valence-corrected chi connectivity index (χ3v) is 10.8. The number of benzene rings is 3. The molecule has 0 spiro atoms. The van der Waals surface area contributed by atoms with Crippen LogP contribution in [0.2, 0.25) is 0 Å². The number of rotatable bonds is 3. The summed E-state index contributed by atoms with van der Waals surface area (Å²) < 4.78 is 1.56. The maximum Gasteiger partial charge on any atom is 0.238 e. The smallest absolute Gasteiger partial charge is 0.238 e. The summed E-state index contributed by atoms with van der Waals surface area (Å²) in [6.07, 6.45) is 4.53. The molecule has 42 heavy (non-hydrogen) atoms. The van der Waals surface area contributed by atoms with Gasteiger partial charge in [-0.3, -0.25) is 19.2 Å². The molecule has 4 aliphatic carbocycles. The van der Waals surface area contributed by atoms with Gasteiger partial charge in [-0.25, -0.2) is 9.80 Å². The highest BCUT2D eigenvalue weighted by atomic mass is 79.9. The molecular formula is C34H24Br2N2O4. The molecule has 2 aliphatic heterocycles. The lowest BCUT2D eigenvalue weighted by Crippen LogP contribution is -2.51. The van der Waals surface area contributed by atoms with Gasteiger partial charge in [0.1, 0.15) is 0 Å². The van der Waals surface area contributed by atoms with E-state index < -0.39 is 23.7 Å². The Kier molecular flexibility index (Phi) is 5.86. The van der Waals surface area contributed by atoms with Crippen LogP contribution in [0.3, 0.4) is 0 Å². The molecule has 0 aromatic heterocycles. The van der Waals surface area contributed by atoms with Crippen molar-refractivity contribution in [3.8, 4) is 0 Å². The highest BCUT2D eigenvalue weighted by Crippen LogP contribution is 2.63. The second-order valence-electron chi connectivity index (χ2n) is 11.7. The lowest BCUT2D eigenvalue weighted by Gasteiger charge is -2.51. The van der Waals surface area contributed by atoms with Crippen LogP contribution in [-0.4, -0.2) is 23.6 Å². The van der Waals surface area contributed by atoms with Gasteiger partial charge in [-0.2, -0.15) is 0 Å². The minimum absolute atomic E-state index is 0.201. The largest absolute Gasteiger partial charge is 0.274 e.